The third-order valence-corrected chi connectivity index (χ3v) is 4.69. The quantitative estimate of drug-likeness (QED) is 0.443. The van der Waals surface area contributed by atoms with E-state index in [0.29, 0.717) is 0 Å². The SMILES string of the molecule is CSc1c(C)c2cccc3c4ccccc4n1c23. The van der Waals surface area contributed by atoms with Crippen LogP contribution in [0.2, 0.25) is 0 Å². The largest absolute Gasteiger partial charge is 0.303 e. The summed E-state index contributed by atoms with van der Waals surface area (Å²) < 4.78 is 2.42. The number of thioether (sulfide) groups is 1. The van der Waals surface area contributed by atoms with E-state index in [0.717, 1.165) is 0 Å². The second kappa shape index (κ2) is 3.42. The lowest BCUT2D eigenvalue weighted by atomic mass is 10.1. The molecule has 0 fully saturated rings. The first-order chi connectivity index (χ1) is 8.83. The molecule has 0 N–H and O–H groups in total. The zero-order valence-corrected chi connectivity index (χ0v) is 11.2. The summed E-state index contributed by atoms with van der Waals surface area (Å²) in [6, 6.07) is 15.3. The predicted molar refractivity (Wildman–Crippen MR) is 80.1 cm³/mol. The zero-order chi connectivity index (χ0) is 12.3. The predicted octanol–water partition coefficient (Wildman–Crippen LogP) is 4.71. The van der Waals surface area contributed by atoms with Crippen molar-refractivity contribution in [2.45, 2.75) is 11.9 Å². The summed E-state index contributed by atoms with van der Waals surface area (Å²) in [5, 5.41) is 5.47. The van der Waals surface area contributed by atoms with Crippen LogP contribution in [0.1, 0.15) is 5.56 Å². The first kappa shape index (κ1) is 10.3. The van der Waals surface area contributed by atoms with Crippen molar-refractivity contribution in [3.63, 3.8) is 0 Å². The number of aromatic nitrogens is 1. The maximum atomic E-state index is 2.42. The molecule has 1 nitrogen and oxygen atoms in total. The molecule has 0 atom stereocenters. The molecule has 0 saturated heterocycles. The van der Waals surface area contributed by atoms with E-state index >= 15 is 0 Å². The van der Waals surface area contributed by atoms with E-state index in [1.165, 1.54) is 37.8 Å². The number of nitrogens with zero attached hydrogens (tertiary/aromatic N) is 1. The van der Waals surface area contributed by atoms with Crippen LogP contribution in [0.3, 0.4) is 0 Å². The van der Waals surface area contributed by atoms with Gasteiger partial charge in [-0.1, -0.05) is 36.4 Å². The van der Waals surface area contributed by atoms with Crippen molar-refractivity contribution < 1.29 is 0 Å². The summed E-state index contributed by atoms with van der Waals surface area (Å²) >= 11 is 1.83. The Morgan fingerprint density at radius 3 is 2.44 bits per heavy atom. The minimum absolute atomic E-state index is 1.32. The fraction of sp³-hybridized carbons (Fsp3) is 0.125. The molecular weight excluding hydrogens is 238 g/mol. The number of hydrogen-bond acceptors (Lipinski definition) is 1. The maximum absolute atomic E-state index is 2.42. The third kappa shape index (κ3) is 1.05. The molecular formula is C16H13NS. The van der Waals surface area contributed by atoms with Crippen LogP contribution >= 0.6 is 11.8 Å². The van der Waals surface area contributed by atoms with Crippen molar-refractivity contribution in [2.24, 2.45) is 0 Å². The Morgan fingerprint density at radius 2 is 1.61 bits per heavy atom. The van der Waals surface area contributed by atoms with Crippen molar-refractivity contribution >= 4 is 39.0 Å². The summed E-state index contributed by atoms with van der Waals surface area (Å²) in [7, 11) is 0. The second-order valence-electron chi connectivity index (χ2n) is 4.69. The Hall–Kier alpha value is -1.67. The third-order valence-electron chi connectivity index (χ3n) is 3.82. The second-order valence-corrected chi connectivity index (χ2v) is 5.48. The fourth-order valence-corrected chi connectivity index (χ4v) is 3.85. The van der Waals surface area contributed by atoms with Gasteiger partial charge >= 0.3 is 0 Å². The minimum atomic E-state index is 1.32. The molecule has 4 aromatic rings. The van der Waals surface area contributed by atoms with Gasteiger partial charge in [0, 0.05) is 16.2 Å². The molecule has 0 aliphatic carbocycles. The number of aryl methyl sites for hydroxylation is 1. The molecule has 2 heterocycles. The molecule has 0 bridgehead atoms. The summed E-state index contributed by atoms with van der Waals surface area (Å²) in [5.74, 6) is 0. The average molecular weight is 251 g/mol. The molecule has 2 heteroatoms. The topological polar surface area (TPSA) is 4.41 Å². The average Bonchev–Trinajstić information content (AvgIpc) is 2.89. The van der Waals surface area contributed by atoms with Crippen LogP contribution in [0.25, 0.3) is 27.2 Å². The van der Waals surface area contributed by atoms with E-state index in [2.05, 4.69) is 60.0 Å². The van der Waals surface area contributed by atoms with E-state index in [1.807, 2.05) is 11.8 Å². The van der Waals surface area contributed by atoms with Gasteiger partial charge in [-0.15, -0.1) is 11.8 Å². The number of fused-ring (bicyclic) bond motifs is 3. The van der Waals surface area contributed by atoms with Gasteiger partial charge in [-0.05, 0) is 24.8 Å². The molecule has 0 saturated carbocycles. The molecule has 4 rings (SSSR count). The van der Waals surface area contributed by atoms with Gasteiger partial charge in [-0.25, -0.2) is 0 Å². The van der Waals surface area contributed by atoms with Crippen LogP contribution in [0.5, 0.6) is 0 Å². The van der Waals surface area contributed by atoms with Gasteiger partial charge in [0.2, 0.25) is 0 Å². The number of hydrogen-bond donors (Lipinski definition) is 0. The monoisotopic (exact) mass is 251 g/mol. The fourth-order valence-electron chi connectivity index (χ4n) is 3.06. The van der Waals surface area contributed by atoms with Gasteiger partial charge in [-0.3, -0.25) is 0 Å². The Labute approximate surface area is 110 Å². The highest BCUT2D eigenvalue weighted by molar-refractivity contribution is 7.98. The van der Waals surface area contributed by atoms with Crippen molar-refractivity contribution in [1.82, 2.24) is 4.40 Å². The van der Waals surface area contributed by atoms with Crippen LogP contribution in [0.15, 0.2) is 47.5 Å². The van der Waals surface area contributed by atoms with Crippen LogP contribution in [0.4, 0.5) is 0 Å². The first-order valence-corrected chi connectivity index (χ1v) is 7.33. The Morgan fingerprint density at radius 1 is 0.889 bits per heavy atom. The van der Waals surface area contributed by atoms with Gasteiger partial charge in [0.1, 0.15) is 0 Å². The van der Waals surface area contributed by atoms with Crippen LogP contribution in [-0.4, -0.2) is 10.7 Å². The lowest BCUT2D eigenvalue weighted by molar-refractivity contribution is 1.09. The number of rotatable bonds is 1. The van der Waals surface area contributed by atoms with Crippen molar-refractivity contribution in [1.29, 1.82) is 0 Å². The van der Waals surface area contributed by atoms with Crippen molar-refractivity contribution in [2.75, 3.05) is 6.26 Å². The smallest absolute Gasteiger partial charge is 0.0832 e. The van der Waals surface area contributed by atoms with E-state index < -0.39 is 0 Å². The normalized spacial score (nSPS) is 12.1. The molecule has 0 aliphatic rings. The molecule has 0 amide bonds. The summed E-state index contributed by atoms with van der Waals surface area (Å²) in [6.07, 6.45) is 2.16. The standard InChI is InChI=1S/C16H13NS/c1-10-11-7-5-8-13-12-6-3-4-9-14(12)17(15(11)13)16(10)18-2/h3-9H,1-2H3. The highest BCUT2D eigenvalue weighted by Gasteiger charge is 2.17. The molecule has 18 heavy (non-hydrogen) atoms. The summed E-state index contributed by atoms with van der Waals surface area (Å²) in [5.41, 5.74) is 4.09. The summed E-state index contributed by atoms with van der Waals surface area (Å²) in [4.78, 5) is 0. The minimum Gasteiger partial charge on any atom is -0.303 e. The van der Waals surface area contributed by atoms with Crippen LogP contribution in [-0.2, 0) is 0 Å². The summed E-state index contributed by atoms with van der Waals surface area (Å²) in [6.45, 7) is 2.22. The molecule has 0 aliphatic heterocycles. The molecule has 2 aromatic carbocycles. The van der Waals surface area contributed by atoms with E-state index in [1.54, 1.807) is 0 Å². The zero-order valence-electron chi connectivity index (χ0n) is 10.4. The highest BCUT2D eigenvalue weighted by atomic mass is 32.2. The highest BCUT2D eigenvalue weighted by Crippen LogP contribution is 2.39. The van der Waals surface area contributed by atoms with Gasteiger partial charge in [0.25, 0.3) is 0 Å². The van der Waals surface area contributed by atoms with Crippen LogP contribution < -0.4 is 0 Å². The van der Waals surface area contributed by atoms with Crippen molar-refractivity contribution in [3.8, 4) is 0 Å². The van der Waals surface area contributed by atoms with Gasteiger partial charge in [0.15, 0.2) is 0 Å². The first-order valence-electron chi connectivity index (χ1n) is 6.10. The number of benzene rings is 2. The lowest BCUT2D eigenvalue weighted by Gasteiger charge is -1.99. The van der Waals surface area contributed by atoms with Gasteiger partial charge in [-0.2, -0.15) is 0 Å². The van der Waals surface area contributed by atoms with Crippen molar-refractivity contribution in [3.05, 3.63) is 48.0 Å². The molecule has 0 spiro atoms. The number of para-hydroxylation sites is 2. The molecule has 2 aromatic heterocycles. The maximum Gasteiger partial charge on any atom is 0.0832 e. The van der Waals surface area contributed by atoms with Crippen LogP contribution in [0, 0.1) is 6.92 Å². The molecule has 0 unspecified atom stereocenters. The van der Waals surface area contributed by atoms with Gasteiger partial charge < -0.3 is 4.40 Å². The Bertz CT molecular complexity index is 873. The lowest BCUT2D eigenvalue weighted by Crippen LogP contribution is -1.83. The Kier molecular flexibility index (Phi) is 1.95. The Balaban J connectivity index is 2.46. The van der Waals surface area contributed by atoms with E-state index in [9.17, 15) is 0 Å². The molecule has 0 radical (unpaired) electrons. The van der Waals surface area contributed by atoms with Gasteiger partial charge in [0.05, 0.1) is 16.1 Å². The van der Waals surface area contributed by atoms with E-state index in [4.69, 9.17) is 0 Å². The van der Waals surface area contributed by atoms with E-state index in [-0.39, 0.29) is 0 Å². The molecule has 88 valence electrons.